The summed E-state index contributed by atoms with van der Waals surface area (Å²) in [6, 6.07) is 8.89. The van der Waals surface area contributed by atoms with Gasteiger partial charge in [0.05, 0.1) is 6.42 Å². The van der Waals surface area contributed by atoms with Gasteiger partial charge in [-0.3, -0.25) is 14.9 Å². The van der Waals surface area contributed by atoms with Gasteiger partial charge >= 0.3 is 0 Å². The molecule has 1 atom stereocenters. The summed E-state index contributed by atoms with van der Waals surface area (Å²) in [5, 5.41) is 2.22. The predicted molar refractivity (Wildman–Crippen MR) is 54.8 cm³/mol. The molecule has 2 amide bonds. The van der Waals surface area contributed by atoms with Crippen LogP contribution < -0.4 is 16.2 Å². The van der Waals surface area contributed by atoms with Gasteiger partial charge in [0.15, 0.2) is 0 Å². The van der Waals surface area contributed by atoms with Crippen molar-refractivity contribution in [2.45, 2.75) is 12.5 Å². The zero-order valence-electron chi connectivity index (χ0n) is 7.99. The molecule has 1 fully saturated rings. The van der Waals surface area contributed by atoms with Crippen LogP contribution in [0.15, 0.2) is 30.3 Å². The summed E-state index contributed by atoms with van der Waals surface area (Å²) in [5.41, 5.74) is 6.52. The third kappa shape index (κ3) is 2.32. The fraction of sp³-hybridized carbons (Fsp3) is 0.200. The predicted octanol–water partition coefficient (Wildman–Crippen LogP) is 0.0182. The lowest BCUT2D eigenvalue weighted by atomic mass is 10.2. The van der Waals surface area contributed by atoms with Crippen LogP contribution in [0.3, 0.4) is 0 Å². The van der Waals surface area contributed by atoms with Crippen LogP contribution in [0.2, 0.25) is 0 Å². The lowest BCUT2D eigenvalue weighted by molar-refractivity contribution is -0.125. The number of hydrogen-bond donors (Lipinski definition) is 3. The first-order chi connectivity index (χ1) is 7.25. The van der Waals surface area contributed by atoms with E-state index in [9.17, 15) is 9.59 Å². The average molecular weight is 205 g/mol. The molecule has 5 nitrogen and oxygen atoms in total. The Morgan fingerprint density at radius 2 is 1.93 bits per heavy atom. The maximum atomic E-state index is 11.2. The number of imide groups is 1. The number of carbonyl (C=O) groups excluding carboxylic acids is 2. The van der Waals surface area contributed by atoms with Gasteiger partial charge in [-0.1, -0.05) is 18.2 Å². The fourth-order valence-corrected chi connectivity index (χ4v) is 1.36. The van der Waals surface area contributed by atoms with E-state index < -0.39 is 6.04 Å². The van der Waals surface area contributed by atoms with Crippen LogP contribution in [0.25, 0.3) is 0 Å². The second-order valence-electron chi connectivity index (χ2n) is 3.30. The minimum atomic E-state index is -0.488. The molecule has 1 unspecified atom stereocenters. The van der Waals surface area contributed by atoms with Crippen LogP contribution in [0.5, 0.6) is 0 Å². The highest BCUT2D eigenvalue weighted by Crippen LogP contribution is 2.05. The Hall–Kier alpha value is -1.88. The van der Waals surface area contributed by atoms with E-state index in [2.05, 4.69) is 16.2 Å². The molecule has 78 valence electrons. The molecule has 15 heavy (non-hydrogen) atoms. The first-order valence-electron chi connectivity index (χ1n) is 4.66. The average Bonchev–Trinajstić information content (AvgIpc) is 2.56. The summed E-state index contributed by atoms with van der Waals surface area (Å²) in [6.45, 7) is 0. The van der Waals surface area contributed by atoms with Gasteiger partial charge in [0.25, 0.3) is 0 Å². The monoisotopic (exact) mass is 205 g/mol. The Labute approximate surface area is 86.8 Å². The number of nitrogens with one attached hydrogen (secondary N) is 3. The molecule has 0 saturated carbocycles. The number of anilines is 1. The molecule has 0 bridgehead atoms. The van der Waals surface area contributed by atoms with Crippen LogP contribution >= 0.6 is 0 Å². The van der Waals surface area contributed by atoms with Crippen molar-refractivity contribution in [3.8, 4) is 0 Å². The lowest BCUT2D eigenvalue weighted by Crippen LogP contribution is -2.39. The van der Waals surface area contributed by atoms with Crippen LogP contribution in [-0.2, 0) is 9.59 Å². The summed E-state index contributed by atoms with van der Waals surface area (Å²) < 4.78 is 0. The first-order valence-corrected chi connectivity index (χ1v) is 4.66. The molecule has 1 aliphatic heterocycles. The molecule has 2 rings (SSSR count). The van der Waals surface area contributed by atoms with Crippen molar-refractivity contribution in [1.29, 1.82) is 0 Å². The van der Waals surface area contributed by atoms with Crippen LogP contribution in [-0.4, -0.2) is 17.9 Å². The van der Waals surface area contributed by atoms with Crippen molar-refractivity contribution in [2.24, 2.45) is 0 Å². The highest BCUT2D eigenvalue weighted by atomic mass is 16.2. The third-order valence-corrected chi connectivity index (χ3v) is 2.13. The molecule has 0 spiro atoms. The fourth-order valence-electron chi connectivity index (χ4n) is 1.36. The van der Waals surface area contributed by atoms with Crippen molar-refractivity contribution in [3.63, 3.8) is 0 Å². The van der Waals surface area contributed by atoms with E-state index in [0.717, 1.165) is 5.69 Å². The number of rotatable bonds is 3. The van der Waals surface area contributed by atoms with Crippen LogP contribution in [0.4, 0.5) is 5.69 Å². The summed E-state index contributed by atoms with van der Waals surface area (Å²) >= 11 is 0. The van der Waals surface area contributed by atoms with E-state index in [1.54, 1.807) is 0 Å². The first kappa shape index (κ1) is 9.67. The molecule has 5 heteroatoms. The van der Waals surface area contributed by atoms with E-state index in [1.807, 2.05) is 30.3 Å². The third-order valence-electron chi connectivity index (χ3n) is 2.13. The Bertz CT molecular complexity index is 378. The molecule has 1 aliphatic rings. The molecule has 0 aliphatic carbocycles. The highest BCUT2D eigenvalue weighted by Gasteiger charge is 2.29. The number of carbonyl (C=O) groups is 2. The van der Waals surface area contributed by atoms with Gasteiger partial charge in [-0.15, -0.1) is 0 Å². The quantitative estimate of drug-likeness (QED) is 0.480. The zero-order valence-corrected chi connectivity index (χ0v) is 7.99. The molecule has 1 aromatic carbocycles. The zero-order chi connectivity index (χ0) is 10.7. The van der Waals surface area contributed by atoms with E-state index in [4.69, 9.17) is 0 Å². The van der Waals surface area contributed by atoms with Crippen LogP contribution in [0, 0.1) is 0 Å². The number of hydrazine groups is 1. The van der Waals surface area contributed by atoms with E-state index in [0.29, 0.717) is 0 Å². The molecule has 1 saturated heterocycles. The number of amides is 2. The number of hydrogen-bond acceptors (Lipinski definition) is 4. The van der Waals surface area contributed by atoms with Crippen LogP contribution in [0.1, 0.15) is 6.42 Å². The van der Waals surface area contributed by atoms with Crippen molar-refractivity contribution in [3.05, 3.63) is 30.3 Å². The molecule has 3 N–H and O–H groups in total. The minimum absolute atomic E-state index is 0.179. The minimum Gasteiger partial charge on any atom is -0.321 e. The lowest BCUT2D eigenvalue weighted by Gasteiger charge is -2.11. The van der Waals surface area contributed by atoms with Gasteiger partial charge in [-0.2, -0.15) is 0 Å². The summed E-state index contributed by atoms with van der Waals surface area (Å²) in [4.78, 5) is 22.0. The largest absolute Gasteiger partial charge is 0.321 e. The van der Waals surface area contributed by atoms with Crippen molar-refractivity contribution < 1.29 is 9.59 Å². The second-order valence-corrected chi connectivity index (χ2v) is 3.30. The van der Waals surface area contributed by atoms with Gasteiger partial charge in [0.1, 0.15) is 6.04 Å². The molecular formula is C10H11N3O2. The molecule has 1 heterocycles. The Balaban J connectivity index is 1.89. The molecule has 0 aromatic heterocycles. The van der Waals surface area contributed by atoms with Crippen molar-refractivity contribution in [2.75, 3.05) is 5.43 Å². The van der Waals surface area contributed by atoms with Crippen molar-refractivity contribution >= 4 is 17.5 Å². The smallest absolute Gasteiger partial charge is 0.246 e. The standard InChI is InChI=1S/C10H11N3O2/c14-9-6-8(10(15)11-9)13-12-7-4-2-1-3-5-7/h1-5,8,12-13H,6H2,(H,11,14,15). The molecular weight excluding hydrogens is 194 g/mol. The second kappa shape index (κ2) is 4.10. The topological polar surface area (TPSA) is 70.2 Å². The molecule has 1 aromatic rings. The normalized spacial score (nSPS) is 20.1. The maximum Gasteiger partial charge on any atom is 0.246 e. The molecule has 0 radical (unpaired) electrons. The van der Waals surface area contributed by atoms with Gasteiger partial charge in [0.2, 0.25) is 11.8 Å². The maximum absolute atomic E-state index is 11.2. The summed E-state index contributed by atoms with van der Waals surface area (Å²) in [7, 11) is 0. The van der Waals surface area contributed by atoms with E-state index in [-0.39, 0.29) is 18.2 Å². The van der Waals surface area contributed by atoms with Gasteiger partial charge in [-0.05, 0) is 12.1 Å². The van der Waals surface area contributed by atoms with E-state index >= 15 is 0 Å². The summed E-state index contributed by atoms with van der Waals surface area (Å²) in [6.07, 6.45) is 0.179. The Kier molecular flexibility index (Phi) is 2.64. The Morgan fingerprint density at radius 3 is 2.53 bits per heavy atom. The summed E-state index contributed by atoms with van der Waals surface area (Å²) in [5.74, 6) is -0.532. The SMILES string of the molecule is O=C1CC(NNc2ccccc2)C(=O)N1. The highest BCUT2D eigenvalue weighted by molar-refractivity contribution is 6.05. The van der Waals surface area contributed by atoms with Gasteiger partial charge in [-0.25, -0.2) is 5.43 Å². The van der Waals surface area contributed by atoms with Crippen molar-refractivity contribution in [1.82, 2.24) is 10.7 Å². The number of benzene rings is 1. The van der Waals surface area contributed by atoms with E-state index in [1.165, 1.54) is 0 Å². The van der Waals surface area contributed by atoms with Gasteiger partial charge in [0, 0.05) is 5.69 Å². The number of para-hydroxylation sites is 1. The Morgan fingerprint density at radius 1 is 1.20 bits per heavy atom. The van der Waals surface area contributed by atoms with Gasteiger partial charge < -0.3 is 5.43 Å².